The van der Waals surface area contributed by atoms with Gasteiger partial charge in [0.2, 0.25) is 0 Å². The number of ether oxygens (including phenoxy) is 1. The van der Waals surface area contributed by atoms with Crippen LogP contribution >= 0.6 is 0 Å². The van der Waals surface area contributed by atoms with E-state index in [1.54, 1.807) is 6.92 Å². The minimum atomic E-state index is -0.432. The van der Waals surface area contributed by atoms with Gasteiger partial charge in [-0.2, -0.15) is 4.98 Å². The van der Waals surface area contributed by atoms with Gasteiger partial charge in [-0.1, -0.05) is 6.92 Å². The van der Waals surface area contributed by atoms with E-state index in [0.717, 1.165) is 26.1 Å². The molecule has 0 aromatic carbocycles. The lowest BCUT2D eigenvalue weighted by Crippen LogP contribution is -2.38. The van der Waals surface area contributed by atoms with E-state index in [1.165, 1.54) is 19.1 Å². The highest BCUT2D eigenvalue weighted by atomic mass is 16.5. The van der Waals surface area contributed by atoms with Crippen molar-refractivity contribution in [3.63, 3.8) is 0 Å². The zero-order valence-corrected chi connectivity index (χ0v) is 12.2. The molecule has 1 unspecified atom stereocenters. The molecule has 0 aliphatic carbocycles. The highest BCUT2D eigenvalue weighted by Crippen LogP contribution is 2.17. The molecular formula is C14H23N3O3. The maximum absolute atomic E-state index is 11.6. The molecule has 112 valence electrons. The van der Waals surface area contributed by atoms with Crippen molar-refractivity contribution >= 4 is 12.0 Å². The van der Waals surface area contributed by atoms with E-state index in [1.807, 2.05) is 0 Å². The van der Waals surface area contributed by atoms with Gasteiger partial charge in [0.05, 0.1) is 6.61 Å². The molecule has 1 aromatic rings. The van der Waals surface area contributed by atoms with E-state index < -0.39 is 5.97 Å². The first-order valence-electron chi connectivity index (χ1n) is 7.35. The molecular weight excluding hydrogens is 258 g/mol. The number of carbonyl (C=O) groups excluding carboxylic acids is 1. The molecule has 1 aliphatic rings. The van der Waals surface area contributed by atoms with Crippen LogP contribution in [0.15, 0.2) is 10.7 Å². The Morgan fingerprint density at radius 2 is 2.45 bits per heavy atom. The Hall–Kier alpha value is -1.56. The van der Waals surface area contributed by atoms with Crippen LogP contribution in [0, 0.1) is 0 Å². The van der Waals surface area contributed by atoms with Crippen LogP contribution in [0.25, 0.3) is 0 Å². The van der Waals surface area contributed by atoms with Crippen molar-refractivity contribution < 1.29 is 13.9 Å². The van der Waals surface area contributed by atoms with Crippen LogP contribution in [0.2, 0.25) is 0 Å². The fraction of sp³-hybridized carbons (Fsp3) is 0.714. The van der Waals surface area contributed by atoms with Crippen molar-refractivity contribution in [3.8, 4) is 0 Å². The van der Waals surface area contributed by atoms with Crippen LogP contribution in [-0.2, 0) is 4.74 Å². The number of aromatic nitrogens is 1. The monoisotopic (exact) mass is 281 g/mol. The SMILES string of the molecule is CCCN(CC1CCCN1)c1nc(C(=O)OCC)co1. The summed E-state index contributed by atoms with van der Waals surface area (Å²) in [5.41, 5.74) is 0.238. The summed E-state index contributed by atoms with van der Waals surface area (Å²) in [5.74, 6) is -0.432. The predicted octanol–water partition coefficient (Wildman–Crippen LogP) is 1.82. The Morgan fingerprint density at radius 3 is 3.10 bits per heavy atom. The van der Waals surface area contributed by atoms with Crippen molar-refractivity contribution in [2.45, 2.75) is 39.2 Å². The summed E-state index contributed by atoms with van der Waals surface area (Å²) in [7, 11) is 0. The predicted molar refractivity (Wildman–Crippen MR) is 76.0 cm³/mol. The molecule has 1 N–H and O–H groups in total. The Kier molecular flexibility index (Phi) is 5.40. The summed E-state index contributed by atoms with van der Waals surface area (Å²) in [5, 5.41) is 3.46. The number of esters is 1. The Labute approximate surface area is 119 Å². The van der Waals surface area contributed by atoms with Gasteiger partial charge >= 0.3 is 5.97 Å². The quantitative estimate of drug-likeness (QED) is 0.769. The minimum Gasteiger partial charge on any atom is -0.461 e. The molecule has 20 heavy (non-hydrogen) atoms. The normalized spacial score (nSPS) is 18.2. The van der Waals surface area contributed by atoms with Crippen LogP contribution in [0.1, 0.15) is 43.6 Å². The van der Waals surface area contributed by atoms with Crippen molar-refractivity contribution in [1.82, 2.24) is 10.3 Å². The second kappa shape index (κ2) is 7.28. The van der Waals surface area contributed by atoms with Gasteiger partial charge in [0.25, 0.3) is 6.01 Å². The third-order valence-electron chi connectivity index (χ3n) is 3.34. The van der Waals surface area contributed by atoms with E-state index in [9.17, 15) is 4.79 Å². The Balaban J connectivity index is 2.02. The van der Waals surface area contributed by atoms with Crippen LogP contribution in [-0.4, -0.2) is 43.2 Å². The smallest absolute Gasteiger partial charge is 0.360 e. The number of nitrogens with zero attached hydrogens (tertiary/aromatic N) is 2. The number of carbonyl (C=O) groups is 1. The topological polar surface area (TPSA) is 67.6 Å². The number of nitrogens with one attached hydrogen (secondary N) is 1. The van der Waals surface area contributed by atoms with Gasteiger partial charge in [0, 0.05) is 19.1 Å². The fourth-order valence-electron chi connectivity index (χ4n) is 2.42. The standard InChI is InChI=1S/C14H23N3O3/c1-3-8-17(9-11-6-5-7-15-11)14-16-12(10-20-14)13(18)19-4-2/h10-11,15H,3-9H2,1-2H3. The number of hydrogen-bond acceptors (Lipinski definition) is 6. The molecule has 1 aliphatic heterocycles. The summed E-state index contributed by atoms with van der Waals surface area (Å²) in [6.07, 6.45) is 4.76. The van der Waals surface area contributed by atoms with Gasteiger partial charge in [0.1, 0.15) is 6.26 Å². The first-order chi connectivity index (χ1) is 9.74. The van der Waals surface area contributed by atoms with Crippen LogP contribution in [0.3, 0.4) is 0 Å². The number of anilines is 1. The zero-order valence-electron chi connectivity index (χ0n) is 12.2. The lowest BCUT2D eigenvalue weighted by Gasteiger charge is -2.23. The summed E-state index contributed by atoms with van der Waals surface area (Å²) < 4.78 is 10.4. The maximum atomic E-state index is 11.6. The molecule has 0 amide bonds. The summed E-state index contributed by atoms with van der Waals surface area (Å²) in [4.78, 5) is 17.9. The van der Waals surface area contributed by atoms with E-state index in [-0.39, 0.29) is 5.69 Å². The van der Waals surface area contributed by atoms with E-state index >= 15 is 0 Å². The molecule has 2 heterocycles. The van der Waals surface area contributed by atoms with Gasteiger partial charge in [0.15, 0.2) is 5.69 Å². The second-order valence-corrected chi connectivity index (χ2v) is 4.98. The summed E-state index contributed by atoms with van der Waals surface area (Å²) >= 11 is 0. The third-order valence-corrected chi connectivity index (χ3v) is 3.34. The minimum absolute atomic E-state index is 0.238. The molecule has 2 rings (SSSR count). The van der Waals surface area contributed by atoms with Gasteiger partial charge in [-0.05, 0) is 32.7 Å². The number of rotatable bonds is 7. The zero-order chi connectivity index (χ0) is 14.4. The highest BCUT2D eigenvalue weighted by Gasteiger charge is 2.22. The number of oxazole rings is 1. The summed E-state index contributed by atoms with van der Waals surface area (Å²) in [6.45, 7) is 7.02. The first kappa shape index (κ1) is 14.8. The molecule has 1 atom stereocenters. The third kappa shape index (κ3) is 3.72. The highest BCUT2D eigenvalue weighted by molar-refractivity contribution is 5.87. The fourth-order valence-corrected chi connectivity index (χ4v) is 2.42. The molecule has 1 aromatic heterocycles. The molecule has 1 saturated heterocycles. The van der Waals surface area contributed by atoms with Gasteiger partial charge < -0.3 is 19.4 Å². The van der Waals surface area contributed by atoms with Crippen LogP contribution < -0.4 is 10.2 Å². The molecule has 6 nitrogen and oxygen atoms in total. The van der Waals surface area contributed by atoms with Crippen molar-refractivity contribution in [1.29, 1.82) is 0 Å². The van der Waals surface area contributed by atoms with Gasteiger partial charge in [-0.3, -0.25) is 0 Å². The summed E-state index contributed by atoms with van der Waals surface area (Å²) in [6, 6.07) is 0.975. The van der Waals surface area contributed by atoms with Crippen molar-refractivity contribution in [2.24, 2.45) is 0 Å². The van der Waals surface area contributed by atoms with E-state index in [2.05, 4.69) is 22.1 Å². The molecule has 0 radical (unpaired) electrons. The molecule has 6 heteroatoms. The molecule has 0 bridgehead atoms. The average molecular weight is 281 g/mol. The van der Waals surface area contributed by atoms with Gasteiger partial charge in [-0.25, -0.2) is 4.79 Å². The van der Waals surface area contributed by atoms with Crippen molar-refractivity contribution in [3.05, 3.63) is 12.0 Å². The Morgan fingerprint density at radius 1 is 1.60 bits per heavy atom. The lowest BCUT2D eigenvalue weighted by atomic mass is 10.2. The second-order valence-electron chi connectivity index (χ2n) is 4.98. The van der Waals surface area contributed by atoms with Crippen LogP contribution in [0.4, 0.5) is 6.01 Å². The molecule has 0 spiro atoms. The lowest BCUT2D eigenvalue weighted by molar-refractivity contribution is 0.0519. The molecule has 1 fully saturated rings. The van der Waals surface area contributed by atoms with Crippen molar-refractivity contribution in [2.75, 3.05) is 31.1 Å². The maximum Gasteiger partial charge on any atom is 0.360 e. The van der Waals surface area contributed by atoms with E-state index in [0.29, 0.717) is 18.7 Å². The largest absolute Gasteiger partial charge is 0.461 e. The first-order valence-corrected chi connectivity index (χ1v) is 7.35. The van der Waals surface area contributed by atoms with Gasteiger partial charge in [-0.15, -0.1) is 0 Å². The Bertz CT molecular complexity index is 427. The molecule has 0 saturated carbocycles. The number of hydrogen-bond donors (Lipinski definition) is 1. The van der Waals surface area contributed by atoms with E-state index in [4.69, 9.17) is 9.15 Å². The van der Waals surface area contributed by atoms with Crippen LogP contribution in [0.5, 0.6) is 0 Å². The average Bonchev–Trinajstić information content (AvgIpc) is 3.10.